The van der Waals surface area contributed by atoms with Crippen LogP contribution in [0.1, 0.15) is 10.4 Å². The molecule has 1 saturated heterocycles. The quantitative estimate of drug-likeness (QED) is 0.457. The second kappa shape index (κ2) is 9.28. The number of carbonyl (C=O) groups excluding carboxylic acids is 1. The number of amides is 1. The maximum atomic E-state index is 13.9. The highest BCUT2D eigenvalue weighted by molar-refractivity contribution is 6.03. The average Bonchev–Trinajstić information content (AvgIpc) is 3.36. The molecule has 0 bridgehead atoms. The molecule has 0 atom stereocenters. The highest BCUT2D eigenvalue weighted by Crippen LogP contribution is 2.29. The van der Waals surface area contributed by atoms with Crippen LogP contribution in [0.25, 0.3) is 33.1 Å². The number of benzene rings is 1. The Hall–Kier alpha value is -3.69. The van der Waals surface area contributed by atoms with Crippen molar-refractivity contribution in [2.75, 3.05) is 47.0 Å². The van der Waals surface area contributed by atoms with E-state index in [1.54, 1.807) is 38.6 Å². The van der Waals surface area contributed by atoms with Gasteiger partial charge in [0.05, 0.1) is 25.8 Å². The van der Waals surface area contributed by atoms with E-state index in [1.807, 2.05) is 22.9 Å². The lowest BCUT2D eigenvalue weighted by atomic mass is 10.0. The van der Waals surface area contributed by atoms with E-state index in [4.69, 9.17) is 9.47 Å². The fraction of sp³-hybridized carbons (Fsp3) is 0.320. The zero-order valence-electron chi connectivity index (χ0n) is 19.3. The number of aromatic nitrogens is 3. The predicted molar refractivity (Wildman–Crippen MR) is 130 cm³/mol. The molecule has 1 fully saturated rings. The number of hydrogen-bond acceptors (Lipinski definition) is 6. The summed E-state index contributed by atoms with van der Waals surface area (Å²) in [4.78, 5) is 36.2. The third-order valence-corrected chi connectivity index (χ3v) is 6.32. The Labute approximate surface area is 196 Å². The van der Waals surface area contributed by atoms with Crippen LogP contribution in [0, 0.1) is 0 Å². The van der Waals surface area contributed by atoms with Crippen molar-refractivity contribution in [1.29, 1.82) is 0 Å². The van der Waals surface area contributed by atoms with Gasteiger partial charge in [-0.15, -0.1) is 0 Å². The van der Waals surface area contributed by atoms with Gasteiger partial charge in [0, 0.05) is 67.5 Å². The fourth-order valence-electron chi connectivity index (χ4n) is 4.51. The van der Waals surface area contributed by atoms with Crippen molar-refractivity contribution in [1.82, 2.24) is 24.8 Å². The number of nitrogens with zero attached hydrogens (tertiary/aromatic N) is 3. The first-order valence-electron chi connectivity index (χ1n) is 11.3. The number of pyridine rings is 2. The summed E-state index contributed by atoms with van der Waals surface area (Å²) >= 11 is 0. The number of methoxy groups -OCH3 is 1. The van der Waals surface area contributed by atoms with Gasteiger partial charge in [-0.2, -0.15) is 0 Å². The number of hydrogen-bond donors (Lipinski definition) is 2. The molecule has 9 nitrogen and oxygen atoms in total. The molecule has 176 valence electrons. The van der Waals surface area contributed by atoms with E-state index < -0.39 is 0 Å². The van der Waals surface area contributed by atoms with Crippen LogP contribution in [0.15, 0.2) is 47.5 Å². The number of nitrogens with one attached hydrogen (secondary N) is 2. The number of rotatable bonds is 6. The van der Waals surface area contributed by atoms with Crippen molar-refractivity contribution in [3.63, 3.8) is 0 Å². The summed E-state index contributed by atoms with van der Waals surface area (Å²) in [6.45, 7) is 4.36. The first kappa shape index (κ1) is 22.1. The Morgan fingerprint density at radius 3 is 2.79 bits per heavy atom. The molecule has 0 radical (unpaired) electrons. The molecule has 3 aromatic heterocycles. The molecule has 0 spiro atoms. The molecule has 1 aliphatic heterocycles. The first-order chi connectivity index (χ1) is 16.6. The SMILES string of the molecule is CNC(=O)c1cc(OC)cc(-c2cc3cnc4[nH]ccc4c3n(CCN3CCOCC3)c2=O)c1. The largest absolute Gasteiger partial charge is 0.497 e. The number of carbonyl (C=O) groups is 1. The van der Waals surface area contributed by atoms with Crippen molar-refractivity contribution in [3.8, 4) is 16.9 Å². The summed E-state index contributed by atoms with van der Waals surface area (Å²) in [6, 6.07) is 8.96. The second-order valence-corrected chi connectivity index (χ2v) is 8.30. The Bertz CT molecular complexity index is 1420. The minimum atomic E-state index is -0.246. The van der Waals surface area contributed by atoms with Crippen LogP contribution in [-0.4, -0.2) is 72.3 Å². The maximum Gasteiger partial charge on any atom is 0.258 e. The Morgan fingerprint density at radius 1 is 1.21 bits per heavy atom. The number of ether oxygens (including phenoxy) is 2. The van der Waals surface area contributed by atoms with E-state index in [9.17, 15) is 9.59 Å². The molecule has 0 unspecified atom stereocenters. The van der Waals surface area contributed by atoms with Gasteiger partial charge in [0.25, 0.3) is 11.5 Å². The van der Waals surface area contributed by atoms with Gasteiger partial charge in [0.1, 0.15) is 11.4 Å². The molecule has 1 amide bonds. The van der Waals surface area contributed by atoms with Crippen LogP contribution >= 0.6 is 0 Å². The van der Waals surface area contributed by atoms with Gasteiger partial charge in [0.2, 0.25) is 0 Å². The number of fused-ring (bicyclic) bond motifs is 3. The van der Waals surface area contributed by atoms with Gasteiger partial charge in [-0.1, -0.05) is 0 Å². The number of morpholine rings is 1. The van der Waals surface area contributed by atoms with Crippen molar-refractivity contribution < 1.29 is 14.3 Å². The molecule has 0 saturated carbocycles. The van der Waals surface area contributed by atoms with Crippen molar-refractivity contribution >= 4 is 27.8 Å². The summed E-state index contributed by atoms with van der Waals surface area (Å²) in [5.74, 6) is 0.263. The van der Waals surface area contributed by atoms with Gasteiger partial charge in [-0.3, -0.25) is 14.5 Å². The topological polar surface area (TPSA) is 101 Å². The Morgan fingerprint density at radius 2 is 2.03 bits per heavy atom. The van der Waals surface area contributed by atoms with E-state index in [0.717, 1.165) is 41.6 Å². The highest BCUT2D eigenvalue weighted by atomic mass is 16.5. The molecule has 1 aliphatic rings. The summed E-state index contributed by atoms with van der Waals surface area (Å²) in [5, 5.41) is 4.39. The van der Waals surface area contributed by atoms with Gasteiger partial charge < -0.3 is 24.3 Å². The molecule has 1 aromatic carbocycles. The number of H-pyrrole nitrogens is 1. The van der Waals surface area contributed by atoms with Crippen molar-refractivity contribution in [2.45, 2.75) is 6.54 Å². The summed E-state index contributed by atoms with van der Waals surface area (Å²) in [6.07, 6.45) is 3.61. The van der Waals surface area contributed by atoms with Crippen LogP contribution in [-0.2, 0) is 11.3 Å². The van der Waals surface area contributed by atoms with Crippen molar-refractivity contribution in [2.24, 2.45) is 0 Å². The summed E-state index contributed by atoms with van der Waals surface area (Å²) in [7, 11) is 3.12. The lowest BCUT2D eigenvalue weighted by Gasteiger charge is -2.27. The molecule has 2 N–H and O–H groups in total. The molecule has 0 aliphatic carbocycles. The molecule has 5 rings (SSSR count). The Kier molecular flexibility index (Phi) is 6.04. The number of aromatic amines is 1. The summed E-state index contributed by atoms with van der Waals surface area (Å²) in [5.41, 5.74) is 3.01. The van der Waals surface area contributed by atoms with E-state index in [2.05, 4.69) is 20.2 Å². The molecular weight excluding hydrogens is 434 g/mol. The fourth-order valence-corrected chi connectivity index (χ4v) is 4.51. The van der Waals surface area contributed by atoms with Crippen LogP contribution in [0.2, 0.25) is 0 Å². The van der Waals surface area contributed by atoms with E-state index in [-0.39, 0.29) is 11.5 Å². The highest BCUT2D eigenvalue weighted by Gasteiger charge is 2.18. The van der Waals surface area contributed by atoms with E-state index in [0.29, 0.717) is 42.2 Å². The maximum absolute atomic E-state index is 13.9. The zero-order valence-corrected chi connectivity index (χ0v) is 19.3. The second-order valence-electron chi connectivity index (χ2n) is 8.30. The average molecular weight is 462 g/mol. The van der Waals surface area contributed by atoms with Crippen LogP contribution in [0.4, 0.5) is 0 Å². The zero-order chi connectivity index (χ0) is 23.7. The third-order valence-electron chi connectivity index (χ3n) is 6.32. The van der Waals surface area contributed by atoms with E-state index in [1.165, 1.54) is 0 Å². The van der Waals surface area contributed by atoms with Gasteiger partial charge in [-0.05, 0) is 35.9 Å². The standard InChI is InChI=1S/C25H27N5O4/c1-26-24(31)17-11-16(12-19(13-17)33-2)21-14-18-15-28-23-20(3-4-27-23)22(18)30(25(21)32)6-5-29-7-9-34-10-8-29/h3-4,11-15H,5-10H2,1-2H3,(H,26,31)(H,27,28). The summed E-state index contributed by atoms with van der Waals surface area (Å²) < 4.78 is 12.7. The molecule has 9 heteroatoms. The van der Waals surface area contributed by atoms with Gasteiger partial charge in [0.15, 0.2) is 0 Å². The third kappa shape index (κ3) is 4.04. The van der Waals surface area contributed by atoms with E-state index >= 15 is 0 Å². The minimum absolute atomic E-state index is 0.120. The smallest absolute Gasteiger partial charge is 0.258 e. The van der Waals surface area contributed by atoms with Gasteiger partial charge in [-0.25, -0.2) is 4.98 Å². The predicted octanol–water partition coefficient (Wildman–Crippen LogP) is 2.25. The molecule has 4 heterocycles. The lowest BCUT2D eigenvalue weighted by molar-refractivity contribution is 0.0364. The van der Waals surface area contributed by atoms with Crippen LogP contribution in [0.5, 0.6) is 5.75 Å². The van der Waals surface area contributed by atoms with Crippen LogP contribution < -0.4 is 15.6 Å². The van der Waals surface area contributed by atoms with Gasteiger partial charge >= 0.3 is 0 Å². The molecule has 34 heavy (non-hydrogen) atoms. The minimum Gasteiger partial charge on any atom is -0.497 e. The normalized spacial score (nSPS) is 14.5. The van der Waals surface area contributed by atoms with Crippen LogP contribution in [0.3, 0.4) is 0 Å². The Balaban J connectivity index is 1.69. The molecule has 4 aromatic rings. The monoisotopic (exact) mass is 461 g/mol. The lowest BCUT2D eigenvalue weighted by Crippen LogP contribution is -2.39. The first-order valence-corrected chi connectivity index (χ1v) is 11.3. The van der Waals surface area contributed by atoms with Crippen molar-refractivity contribution in [3.05, 3.63) is 58.6 Å². The molecular formula is C25H27N5O4.